The lowest BCUT2D eigenvalue weighted by atomic mass is 10.2. The van der Waals surface area contributed by atoms with E-state index in [9.17, 15) is 13.6 Å². The Bertz CT molecular complexity index is 1320. The van der Waals surface area contributed by atoms with Gasteiger partial charge in [-0.15, -0.1) is 0 Å². The normalized spacial score (nSPS) is 12.7. The SMILES string of the molecule is Nc1ncnc2c3c(n(-c4ccc(NC(=O)Nc5ccc(F)cc5F)cc4)c12)CCC3. The van der Waals surface area contributed by atoms with Crippen molar-refractivity contribution in [1.82, 2.24) is 14.5 Å². The second-order valence-electron chi connectivity index (χ2n) is 7.32. The molecule has 5 rings (SSSR count). The molecule has 156 valence electrons. The van der Waals surface area contributed by atoms with Crippen molar-refractivity contribution in [1.29, 1.82) is 0 Å². The molecule has 4 aromatic rings. The zero-order valence-corrected chi connectivity index (χ0v) is 16.3. The third-order valence-corrected chi connectivity index (χ3v) is 5.38. The number of hydrogen-bond donors (Lipinski definition) is 3. The van der Waals surface area contributed by atoms with Crippen LogP contribution in [0.5, 0.6) is 0 Å². The van der Waals surface area contributed by atoms with Crippen LogP contribution in [0.2, 0.25) is 0 Å². The number of aromatic nitrogens is 3. The summed E-state index contributed by atoms with van der Waals surface area (Å²) < 4.78 is 28.8. The highest BCUT2D eigenvalue weighted by atomic mass is 19.1. The van der Waals surface area contributed by atoms with E-state index in [1.54, 1.807) is 12.1 Å². The molecule has 0 radical (unpaired) electrons. The maximum Gasteiger partial charge on any atom is 0.323 e. The fourth-order valence-corrected chi connectivity index (χ4v) is 4.05. The minimum absolute atomic E-state index is 0.111. The molecule has 0 saturated carbocycles. The summed E-state index contributed by atoms with van der Waals surface area (Å²) in [5, 5.41) is 5.00. The molecule has 2 aromatic carbocycles. The molecule has 2 amide bonds. The van der Waals surface area contributed by atoms with E-state index in [1.807, 2.05) is 12.1 Å². The monoisotopic (exact) mass is 420 g/mol. The first-order valence-electron chi connectivity index (χ1n) is 9.77. The van der Waals surface area contributed by atoms with Gasteiger partial charge >= 0.3 is 6.03 Å². The Morgan fingerprint density at radius 2 is 1.84 bits per heavy atom. The number of nitrogens with one attached hydrogen (secondary N) is 2. The fourth-order valence-electron chi connectivity index (χ4n) is 4.05. The number of nitrogens with zero attached hydrogens (tertiary/aromatic N) is 3. The van der Waals surface area contributed by atoms with Crippen LogP contribution in [0.15, 0.2) is 48.8 Å². The summed E-state index contributed by atoms with van der Waals surface area (Å²) >= 11 is 0. The Hall–Kier alpha value is -4.01. The number of halogens is 2. The van der Waals surface area contributed by atoms with Gasteiger partial charge in [0.05, 0.1) is 11.2 Å². The summed E-state index contributed by atoms with van der Waals surface area (Å²) in [7, 11) is 0. The van der Waals surface area contributed by atoms with Gasteiger partial charge in [-0.25, -0.2) is 23.5 Å². The van der Waals surface area contributed by atoms with Crippen molar-refractivity contribution in [2.24, 2.45) is 0 Å². The number of carbonyl (C=O) groups excluding carboxylic acids is 1. The molecule has 0 atom stereocenters. The van der Waals surface area contributed by atoms with Crippen LogP contribution in [0, 0.1) is 11.6 Å². The van der Waals surface area contributed by atoms with Gasteiger partial charge in [0, 0.05) is 23.1 Å². The number of carbonyl (C=O) groups is 1. The molecule has 1 aliphatic rings. The summed E-state index contributed by atoms with van der Waals surface area (Å²) in [6.07, 6.45) is 4.42. The molecule has 31 heavy (non-hydrogen) atoms. The van der Waals surface area contributed by atoms with Crippen molar-refractivity contribution in [2.45, 2.75) is 19.3 Å². The van der Waals surface area contributed by atoms with Gasteiger partial charge in [0.1, 0.15) is 23.5 Å². The molecule has 7 nitrogen and oxygen atoms in total. The zero-order valence-electron chi connectivity index (χ0n) is 16.3. The van der Waals surface area contributed by atoms with Gasteiger partial charge in [-0.1, -0.05) is 0 Å². The van der Waals surface area contributed by atoms with Gasteiger partial charge < -0.3 is 20.9 Å². The smallest absolute Gasteiger partial charge is 0.323 e. The molecule has 0 fully saturated rings. The fraction of sp³-hybridized carbons (Fsp3) is 0.136. The Morgan fingerprint density at radius 1 is 1.03 bits per heavy atom. The van der Waals surface area contributed by atoms with E-state index in [1.165, 1.54) is 17.6 Å². The molecule has 0 unspecified atom stereocenters. The van der Waals surface area contributed by atoms with Gasteiger partial charge in [-0.05, 0) is 61.2 Å². The molecular weight excluding hydrogens is 402 g/mol. The van der Waals surface area contributed by atoms with Crippen molar-refractivity contribution in [3.8, 4) is 5.69 Å². The van der Waals surface area contributed by atoms with Gasteiger partial charge in [0.2, 0.25) is 0 Å². The van der Waals surface area contributed by atoms with Crippen LogP contribution in [0.1, 0.15) is 17.7 Å². The number of anilines is 3. The van der Waals surface area contributed by atoms with Crippen molar-refractivity contribution >= 4 is 34.3 Å². The van der Waals surface area contributed by atoms with Crippen LogP contribution in [0.3, 0.4) is 0 Å². The predicted molar refractivity (Wildman–Crippen MR) is 114 cm³/mol. The highest BCUT2D eigenvalue weighted by Gasteiger charge is 2.25. The number of aryl methyl sites for hydroxylation is 1. The first-order valence-corrected chi connectivity index (χ1v) is 9.77. The second kappa shape index (κ2) is 7.35. The lowest BCUT2D eigenvalue weighted by Crippen LogP contribution is -2.20. The first-order chi connectivity index (χ1) is 15.0. The molecule has 4 N–H and O–H groups in total. The lowest BCUT2D eigenvalue weighted by Gasteiger charge is -2.12. The average molecular weight is 420 g/mol. The van der Waals surface area contributed by atoms with Crippen LogP contribution in [-0.4, -0.2) is 20.6 Å². The summed E-state index contributed by atoms with van der Waals surface area (Å²) in [4.78, 5) is 20.8. The van der Waals surface area contributed by atoms with Crippen molar-refractivity contribution in [3.63, 3.8) is 0 Å². The summed E-state index contributed by atoms with van der Waals surface area (Å²) in [6, 6.07) is 9.51. The largest absolute Gasteiger partial charge is 0.382 e. The molecular formula is C22H18F2N6O. The van der Waals surface area contributed by atoms with Gasteiger partial charge in [-0.3, -0.25) is 0 Å². The van der Waals surface area contributed by atoms with E-state index in [4.69, 9.17) is 5.73 Å². The van der Waals surface area contributed by atoms with Gasteiger partial charge in [-0.2, -0.15) is 0 Å². The van der Waals surface area contributed by atoms with Crippen molar-refractivity contribution in [3.05, 3.63) is 71.7 Å². The standard InChI is InChI=1S/C22H18F2N6O/c23-12-4-9-17(16(24)10-12)29-22(31)28-13-5-7-14(8-6-13)30-18-3-1-2-15(18)19-20(30)21(25)27-11-26-19/h4-11H,1-3H2,(H2,25,26,27)(H2,28,29,31). The van der Waals surface area contributed by atoms with Crippen molar-refractivity contribution < 1.29 is 13.6 Å². The number of rotatable bonds is 3. The minimum atomic E-state index is -0.848. The van der Waals surface area contributed by atoms with Crippen LogP contribution in [0.25, 0.3) is 16.7 Å². The van der Waals surface area contributed by atoms with Crippen LogP contribution in [0.4, 0.5) is 30.8 Å². The topological polar surface area (TPSA) is 97.9 Å². The van der Waals surface area contributed by atoms with E-state index in [2.05, 4.69) is 25.2 Å². The van der Waals surface area contributed by atoms with Crippen LogP contribution < -0.4 is 16.4 Å². The number of nitrogens with two attached hydrogens (primary N) is 1. The maximum atomic E-state index is 13.7. The number of nitrogen functional groups attached to an aromatic ring is 1. The Morgan fingerprint density at radius 3 is 2.61 bits per heavy atom. The maximum absolute atomic E-state index is 13.7. The average Bonchev–Trinajstić information content (AvgIpc) is 3.33. The van der Waals surface area contributed by atoms with E-state index >= 15 is 0 Å². The third kappa shape index (κ3) is 3.33. The molecule has 0 saturated heterocycles. The molecule has 0 bridgehead atoms. The Kier molecular flexibility index (Phi) is 4.50. The highest BCUT2D eigenvalue weighted by molar-refractivity contribution is 6.00. The second-order valence-corrected chi connectivity index (χ2v) is 7.32. The van der Waals surface area contributed by atoms with Gasteiger partial charge in [0.25, 0.3) is 0 Å². The Labute approximate surface area is 175 Å². The molecule has 2 aromatic heterocycles. The minimum Gasteiger partial charge on any atom is -0.382 e. The highest BCUT2D eigenvalue weighted by Crippen LogP contribution is 2.36. The molecule has 9 heteroatoms. The van der Waals surface area contributed by atoms with E-state index in [0.29, 0.717) is 17.6 Å². The van der Waals surface area contributed by atoms with E-state index < -0.39 is 17.7 Å². The number of urea groups is 1. The van der Waals surface area contributed by atoms with Gasteiger partial charge in [0.15, 0.2) is 5.82 Å². The summed E-state index contributed by atoms with van der Waals surface area (Å²) in [5.74, 6) is -1.14. The van der Waals surface area contributed by atoms with E-state index in [0.717, 1.165) is 48.1 Å². The first kappa shape index (κ1) is 19.0. The molecule has 2 heterocycles. The lowest BCUT2D eigenvalue weighted by molar-refractivity contribution is 0.262. The predicted octanol–water partition coefficient (Wildman–Crippen LogP) is 4.41. The van der Waals surface area contributed by atoms with Crippen LogP contribution in [-0.2, 0) is 12.8 Å². The van der Waals surface area contributed by atoms with Crippen molar-refractivity contribution in [2.75, 3.05) is 16.4 Å². The molecule has 0 aliphatic heterocycles. The van der Waals surface area contributed by atoms with Crippen LogP contribution >= 0.6 is 0 Å². The third-order valence-electron chi connectivity index (χ3n) is 5.38. The summed E-state index contributed by atoms with van der Waals surface area (Å²) in [5.41, 5.74) is 11.5. The zero-order chi connectivity index (χ0) is 21.5. The van der Waals surface area contributed by atoms with E-state index in [-0.39, 0.29) is 5.69 Å². The number of benzene rings is 2. The number of hydrogen-bond acceptors (Lipinski definition) is 4. The molecule has 0 spiro atoms. The summed E-state index contributed by atoms with van der Waals surface area (Å²) in [6.45, 7) is 0. The molecule has 1 aliphatic carbocycles. The number of amides is 2. The number of fused-ring (bicyclic) bond motifs is 3. The Balaban J connectivity index is 1.41. The quantitative estimate of drug-likeness (QED) is 0.457.